The van der Waals surface area contributed by atoms with Gasteiger partial charge in [-0.3, -0.25) is 0 Å². The molecule has 34 heavy (non-hydrogen) atoms. The summed E-state index contributed by atoms with van der Waals surface area (Å²) < 4.78 is 11.2. The smallest absolute Gasteiger partial charge is 0.119 e. The fraction of sp³-hybridized carbons (Fsp3) is 0.133. The Morgan fingerprint density at radius 3 is 1.88 bits per heavy atom. The second-order valence-electron chi connectivity index (χ2n) is 7.87. The monoisotopic (exact) mass is 470 g/mol. The predicted octanol–water partition coefficient (Wildman–Crippen LogP) is 7.57. The van der Waals surface area contributed by atoms with Gasteiger partial charge in [0.25, 0.3) is 0 Å². The van der Waals surface area contributed by atoms with Crippen molar-refractivity contribution in [1.82, 2.24) is 0 Å². The Labute approximate surface area is 205 Å². The van der Waals surface area contributed by atoms with Crippen molar-refractivity contribution in [1.29, 1.82) is 0 Å². The fourth-order valence-electron chi connectivity index (χ4n) is 3.90. The molecule has 0 aromatic heterocycles. The van der Waals surface area contributed by atoms with Gasteiger partial charge in [0.1, 0.15) is 23.9 Å². The van der Waals surface area contributed by atoms with E-state index in [4.69, 9.17) is 21.1 Å². The van der Waals surface area contributed by atoms with E-state index in [0.717, 1.165) is 51.3 Å². The van der Waals surface area contributed by atoms with E-state index in [-0.39, 0.29) is 5.75 Å². The number of benzene rings is 4. The summed E-state index contributed by atoms with van der Waals surface area (Å²) >= 11 is 6.23. The van der Waals surface area contributed by atoms with Crippen molar-refractivity contribution >= 4 is 22.7 Å². The van der Waals surface area contributed by atoms with Crippen LogP contribution in [0.3, 0.4) is 0 Å². The summed E-state index contributed by atoms with van der Waals surface area (Å²) in [4.78, 5) is 0. The van der Waals surface area contributed by atoms with Crippen LogP contribution in [0.1, 0.15) is 28.7 Å². The molecule has 0 radical (unpaired) electrons. The normalized spacial score (nSPS) is 11.6. The molecule has 0 aliphatic carbocycles. The third kappa shape index (κ3) is 5.81. The van der Waals surface area contributed by atoms with Gasteiger partial charge in [0.05, 0.1) is 7.11 Å². The van der Waals surface area contributed by atoms with Gasteiger partial charge in [0.2, 0.25) is 0 Å². The van der Waals surface area contributed by atoms with Crippen molar-refractivity contribution < 1.29 is 14.6 Å². The number of allylic oxidation sites excluding steroid dienone is 1. The lowest BCUT2D eigenvalue weighted by Gasteiger charge is -2.17. The summed E-state index contributed by atoms with van der Waals surface area (Å²) in [5.41, 5.74) is 6.54. The number of methoxy groups -OCH3 is 1. The minimum atomic E-state index is 0.240. The van der Waals surface area contributed by atoms with Crippen LogP contribution in [-0.4, -0.2) is 18.1 Å². The molecule has 4 aromatic rings. The highest BCUT2D eigenvalue weighted by Crippen LogP contribution is 2.36. The lowest BCUT2D eigenvalue weighted by atomic mass is 9.88. The van der Waals surface area contributed by atoms with E-state index in [9.17, 15) is 5.11 Å². The molecule has 1 N–H and O–H groups in total. The number of hydrogen-bond donors (Lipinski definition) is 1. The Bertz CT molecular complexity index is 1210. The molecule has 0 amide bonds. The molecule has 0 fully saturated rings. The molecular weight excluding hydrogens is 444 g/mol. The lowest BCUT2D eigenvalue weighted by Crippen LogP contribution is -1.98. The van der Waals surface area contributed by atoms with Gasteiger partial charge in [0, 0.05) is 5.88 Å². The quantitative estimate of drug-likeness (QED) is 0.202. The molecule has 4 rings (SSSR count). The molecule has 0 saturated heterocycles. The standard InChI is InChI=1S/C30H27ClO3/c1-33-27-15-7-22(8-16-27)21-34-28-17-11-25(12-18-28)30(24-9-13-26(32)14-10-24)29(19-20-31)23-5-3-2-4-6-23/h2-18,32H,19-21H2,1H3. The molecule has 3 nitrogen and oxygen atoms in total. The fourth-order valence-corrected chi connectivity index (χ4v) is 4.09. The van der Waals surface area contributed by atoms with Crippen LogP contribution in [-0.2, 0) is 6.61 Å². The summed E-state index contributed by atoms with van der Waals surface area (Å²) in [6, 6.07) is 33.6. The summed E-state index contributed by atoms with van der Waals surface area (Å²) in [5, 5.41) is 9.83. The Balaban J connectivity index is 1.66. The van der Waals surface area contributed by atoms with Crippen LogP contribution in [0.25, 0.3) is 11.1 Å². The number of aromatic hydroxyl groups is 1. The predicted molar refractivity (Wildman–Crippen MR) is 140 cm³/mol. The zero-order chi connectivity index (χ0) is 23.8. The van der Waals surface area contributed by atoms with Crippen molar-refractivity contribution in [3.8, 4) is 17.2 Å². The van der Waals surface area contributed by atoms with E-state index >= 15 is 0 Å². The van der Waals surface area contributed by atoms with Crippen LogP contribution < -0.4 is 9.47 Å². The first-order chi connectivity index (χ1) is 16.7. The second kappa shape index (κ2) is 11.4. The van der Waals surface area contributed by atoms with Gasteiger partial charge >= 0.3 is 0 Å². The average molecular weight is 471 g/mol. The average Bonchev–Trinajstić information content (AvgIpc) is 2.89. The molecule has 0 aliphatic rings. The van der Waals surface area contributed by atoms with Gasteiger partial charge in [-0.05, 0) is 76.2 Å². The minimum absolute atomic E-state index is 0.240. The van der Waals surface area contributed by atoms with E-state index < -0.39 is 0 Å². The molecule has 0 unspecified atom stereocenters. The molecule has 4 aromatic carbocycles. The van der Waals surface area contributed by atoms with Gasteiger partial charge in [-0.15, -0.1) is 11.6 Å². The van der Waals surface area contributed by atoms with Gasteiger partial charge in [-0.1, -0.05) is 66.7 Å². The van der Waals surface area contributed by atoms with Crippen LogP contribution in [0.5, 0.6) is 17.2 Å². The third-order valence-corrected chi connectivity index (χ3v) is 5.82. The molecule has 0 heterocycles. The molecular formula is C30H27ClO3. The van der Waals surface area contributed by atoms with E-state index in [1.54, 1.807) is 19.2 Å². The third-order valence-electron chi connectivity index (χ3n) is 5.63. The van der Waals surface area contributed by atoms with Crippen LogP contribution in [0.2, 0.25) is 0 Å². The van der Waals surface area contributed by atoms with Crippen LogP contribution in [0.15, 0.2) is 103 Å². The van der Waals surface area contributed by atoms with Crippen molar-refractivity contribution in [3.63, 3.8) is 0 Å². The summed E-state index contributed by atoms with van der Waals surface area (Å²) in [6.07, 6.45) is 0.720. The molecule has 0 atom stereocenters. The second-order valence-corrected chi connectivity index (χ2v) is 8.24. The largest absolute Gasteiger partial charge is 0.508 e. The Morgan fingerprint density at radius 2 is 1.29 bits per heavy atom. The molecule has 0 bridgehead atoms. The summed E-state index contributed by atoms with van der Waals surface area (Å²) in [6.45, 7) is 0.478. The highest BCUT2D eigenvalue weighted by Gasteiger charge is 2.14. The Hall–Kier alpha value is -3.69. The number of ether oxygens (including phenoxy) is 2. The SMILES string of the molecule is COc1ccc(COc2ccc(C(=C(CCCl)c3ccccc3)c3ccc(O)cc3)cc2)cc1. The molecule has 0 aliphatic heterocycles. The number of phenols is 1. The highest BCUT2D eigenvalue weighted by atomic mass is 35.5. The van der Waals surface area contributed by atoms with Crippen LogP contribution in [0, 0.1) is 0 Å². The zero-order valence-corrected chi connectivity index (χ0v) is 19.8. The maximum atomic E-state index is 9.83. The maximum Gasteiger partial charge on any atom is 0.119 e. The van der Waals surface area contributed by atoms with Gasteiger partial charge in [0.15, 0.2) is 0 Å². The maximum absolute atomic E-state index is 9.83. The lowest BCUT2D eigenvalue weighted by molar-refractivity contribution is 0.306. The number of halogens is 1. The van der Waals surface area contributed by atoms with Crippen LogP contribution >= 0.6 is 11.6 Å². The van der Waals surface area contributed by atoms with Gasteiger partial charge < -0.3 is 14.6 Å². The number of hydrogen-bond acceptors (Lipinski definition) is 3. The number of alkyl halides is 1. The van der Waals surface area contributed by atoms with Gasteiger partial charge in [-0.2, -0.15) is 0 Å². The minimum Gasteiger partial charge on any atom is -0.508 e. The van der Waals surface area contributed by atoms with E-state index in [0.29, 0.717) is 12.5 Å². The topological polar surface area (TPSA) is 38.7 Å². The first kappa shape index (κ1) is 23.5. The van der Waals surface area contributed by atoms with Crippen LogP contribution in [0.4, 0.5) is 0 Å². The first-order valence-electron chi connectivity index (χ1n) is 11.2. The molecule has 0 saturated carbocycles. The molecule has 0 spiro atoms. The zero-order valence-electron chi connectivity index (χ0n) is 19.1. The van der Waals surface area contributed by atoms with E-state index in [1.165, 1.54) is 0 Å². The summed E-state index contributed by atoms with van der Waals surface area (Å²) in [7, 11) is 1.66. The highest BCUT2D eigenvalue weighted by molar-refractivity contribution is 6.18. The van der Waals surface area contributed by atoms with E-state index in [1.807, 2.05) is 66.7 Å². The van der Waals surface area contributed by atoms with Crippen molar-refractivity contribution in [2.75, 3.05) is 13.0 Å². The first-order valence-corrected chi connectivity index (χ1v) is 11.7. The van der Waals surface area contributed by atoms with Gasteiger partial charge in [-0.25, -0.2) is 0 Å². The number of phenolic OH excluding ortho intramolecular Hbond substituents is 1. The number of rotatable bonds is 9. The Kier molecular flexibility index (Phi) is 7.90. The van der Waals surface area contributed by atoms with Crippen molar-refractivity contribution in [2.24, 2.45) is 0 Å². The molecule has 172 valence electrons. The summed E-state index contributed by atoms with van der Waals surface area (Å²) in [5.74, 6) is 2.37. The van der Waals surface area contributed by atoms with Crippen molar-refractivity contribution in [3.05, 3.63) is 125 Å². The molecule has 4 heteroatoms. The Morgan fingerprint density at radius 1 is 0.706 bits per heavy atom. The van der Waals surface area contributed by atoms with Crippen molar-refractivity contribution in [2.45, 2.75) is 13.0 Å². The van der Waals surface area contributed by atoms with E-state index in [2.05, 4.69) is 24.3 Å².